The number of halogens is 1. The van der Waals surface area contributed by atoms with Crippen molar-refractivity contribution >= 4 is 27.3 Å². The Hall–Kier alpha value is -1.92. The zero-order valence-corrected chi connectivity index (χ0v) is 13.1. The first-order valence-corrected chi connectivity index (χ1v) is 7.17. The van der Waals surface area contributed by atoms with Crippen molar-refractivity contribution in [3.8, 4) is 0 Å². The predicted octanol–water partition coefficient (Wildman–Crippen LogP) is 3.77. The number of hydrogen-bond acceptors (Lipinski definition) is 4. The molecule has 0 radical (unpaired) electrons. The van der Waals surface area contributed by atoms with Gasteiger partial charge in [-0.25, -0.2) is 0 Å². The molecule has 0 unspecified atom stereocenters. The highest BCUT2D eigenvalue weighted by molar-refractivity contribution is 9.10. The number of aliphatic hydroxyl groups is 1. The molecule has 0 aliphatic rings. The number of nitrogens with zero attached hydrogens (tertiary/aromatic N) is 1. The van der Waals surface area contributed by atoms with Crippen molar-refractivity contribution in [1.82, 2.24) is 0 Å². The van der Waals surface area contributed by atoms with E-state index in [0.717, 1.165) is 16.8 Å². The fourth-order valence-electron chi connectivity index (χ4n) is 2.04. The lowest BCUT2D eigenvalue weighted by atomic mass is 10.1. The molecule has 0 spiro atoms. The number of nitro benzene ring substituents is 1. The van der Waals surface area contributed by atoms with Gasteiger partial charge in [-0.05, 0) is 40.0 Å². The third kappa shape index (κ3) is 3.80. The highest BCUT2D eigenvalue weighted by Crippen LogP contribution is 2.30. The molecule has 0 heterocycles. The second-order valence-corrected chi connectivity index (χ2v) is 5.56. The molecule has 5 nitrogen and oxygen atoms in total. The summed E-state index contributed by atoms with van der Waals surface area (Å²) in [6.45, 7) is 2.29. The van der Waals surface area contributed by atoms with E-state index < -0.39 is 4.92 Å². The molecule has 0 fully saturated rings. The Labute approximate surface area is 130 Å². The van der Waals surface area contributed by atoms with E-state index in [4.69, 9.17) is 5.11 Å². The number of benzene rings is 2. The molecule has 6 heteroatoms. The van der Waals surface area contributed by atoms with Crippen LogP contribution in [-0.2, 0) is 13.2 Å². The number of aliphatic hydroxyl groups excluding tert-OH is 1. The van der Waals surface area contributed by atoms with Gasteiger partial charge in [-0.3, -0.25) is 10.1 Å². The summed E-state index contributed by atoms with van der Waals surface area (Å²) in [6, 6.07) is 10.9. The maximum absolute atomic E-state index is 10.9. The SMILES string of the molecule is Cc1cc(NCc2cccc(CO)c2)c(Br)cc1[N+](=O)[O-]. The van der Waals surface area contributed by atoms with Crippen LogP contribution in [-0.4, -0.2) is 10.0 Å². The maximum Gasteiger partial charge on any atom is 0.273 e. The molecule has 0 aliphatic heterocycles. The molecular formula is C15H15BrN2O3. The van der Waals surface area contributed by atoms with Crippen LogP contribution in [0.4, 0.5) is 11.4 Å². The number of nitrogens with one attached hydrogen (secondary N) is 1. The van der Waals surface area contributed by atoms with E-state index in [0.29, 0.717) is 16.6 Å². The van der Waals surface area contributed by atoms with E-state index >= 15 is 0 Å². The van der Waals surface area contributed by atoms with Crippen molar-refractivity contribution in [2.75, 3.05) is 5.32 Å². The van der Waals surface area contributed by atoms with Gasteiger partial charge in [0.15, 0.2) is 0 Å². The van der Waals surface area contributed by atoms with E-state index in [1.54, 1.807) is 13.0 Å². The molecule has 0 amide bonds. The molecule has 0 saturated heterocycles. The zero-order chi connectivity index (χ0) is 15.4. The van der Waals surface area contributed by atoms with Crippen molar-refractivity contribution in [2.45, 2.75) is 20.1 Å². The predicted molar refractivity (Wildman–Crippen MR) is 85.2 cm³/mol. The van der Waals surface area contributed by atoms with Crippen molar-refractivity contribution in [2.24, 2.45) is 0 Å². The average Bonchev–Trinajstić information content (AvgIpc) is 2.47. The third-order valence-corrected chi connectivity index (χ3v) is 3.80. The smallest absolute Gasteiger partial charge is 0.273 e. The maximum atomic E-state index is 10.9. The van der Waals surface area contributed by atoms with E-state index in [9.17, 15) is 10.1 Å². The summed E-state index contributed by atoms with van der Waals surface area (Å²) in [6.07, 6.45) is 0. The molecule has 2 N–H and O–H groups in total. The first-order chi connectivity index (χ1) is 10.0. The Morgan fingerprint density at radius 2 is 2.00 bits per heavy atom. The molecule has 2 aromatic carbocycles. The van der Waals surface area contributed by atoms with Gasteiger partial charge in [-0.2, -0.15) is 0 Å². The fraction of sp³-hybridized carbons (Fsp3) is 0.200. The van der Waals surface area contributed by atoms with Gasteiger partial charge in [-0.1, -0.05) is 24.3 Å². The lowest BCUT2D eigenvalue weighted by Gasteiger charge is -2.10. The van der Waals surface area contributed by atoms with Crippen LogP contribution in [0.2, 0.25) is 0 Å². The normalized spacial score (nSPS) is 10.4. The highest BCUT2D eigenvalue weighted by atomic mass is 79.9. The lowest BCUT2D eigenvalue weighted by Crippen LogP contribution is -2.02. The van der Waals surface area contributed by atoms with Crippen LogP contribution in [0.15, 0.2) is 40.9 Å². The molecule has 0 atom stereocenters. The van der Waals surface area contributed by atoms with Crippen molar-refractivity contribution < 1.29 is 10.0 Å². The summed E-state index contributed by atoms with van der Waals surface area (Å²) in [5.74, 6) is 0. The molecule has 0 saturated carbocycles. The summed E-state index contributed by atoms with van der Waals surface area (Å²) in [4.78, 5) is 10.5. The first kappa shape index (κ1) is 15.5. The zero-order valence-electron chi connectivity index (χ0n) is 11.5. The van der Waals surface area contributed by atoms with Gasteiger partial charge >= 0.3 is 0 Å². The van der Waals surface area contributed by atoms with Crippen molar-refractivity contribution in [3.05, 3.63) is 67.7 Å². The van der Waals surface area contributed by atoms with Gasteiger partial charge in [-0.15, -0.1) is 0 Å². The quantitative estimate of drug-likeness (QED) is 0.635. The molecule has 0 aliphatic carbocycles. The summed E-state index contributed by atoms with van der Waals surface area (Å²) < 4.78 is 0.651. The van der Waals surface area contributed by atoms with E-state index in [1.165, 1.54) is 6.07 Å². The van der Waals surface area contributed by atoms with Crippen LogP contribution in [0.1, 0.15) is 16.7 Å². The highest BCUT2D eigenvalue weighted by Gasteiger charge is 2.13. The van der Waals surface area contributed by atoms with E-state index in [2.05, 4.69) is 21.2 Å². The van der Waals surface area contributed by atoms with Crippen LogP contribution in [0.5, 0.6) is 0 Å². The number of anilines is 1. The van der Waals surface area contributed by atoms with Crippen LogP contribution < -0.4 is 5.32 Å². The van der Waals surface area contributed by atoms with Crippen LogP contribution >= 0.6 is 15.9 Å². The molecule has 0 aromatic heterocycles. The second-order valence-electron chi connectivity index (χ2n) is 4.71. The molecule has 2 aromatic rings. The Bertz CT molecular complexity index is 674. The summed E-state index contributed by atoms with van der Waals surface area (Å²) in [5, 5.41) is 23.2. The summed E-state index contributed by atoms with van der Waals surface area (Å²) in [7, 11) is 0. The minimum absolute atomic E-state index is 0.00811. The molecule has 0 bridgehead atoms. The largest absolute Gasteiger partial charge is 0.392 e. The van der Waals surface area contributed by atoms with Crippen LogP contribution in [0, 0.1) is 17.0 Å². The topological polar surface area (TPSA) is 75.4 Å². The van der Waals surface area contributed by atoms with Crippen molar-refractivity contribution in [3.63, 3.8) is 0 Å². The number of hydrogen-bond donors (Lipinski definition) is 2. The molecular weight excluding hydrogens is 336 g/mol. The number of aryl methyl sites for hydroxylation is 1. The van der Waals surface area contributed by atoms with E-state index in [1.807, 2.05) is 24.3 Å². The van der Waals surface area contributed by atoms with Gasteiger partial charge in [0.25, 0.3) is 5.69 Å². The lowest BCUT2D eigenvalue weighted by molar-refractivity contribution is -0.385. The van der Waals surface area contributed by atoms with E-state index in [-0.39, 0.29) is 12.3 Å². The van der Waals surface area contributed by atoms with Gasteiger partial charge in [0, 0.05) is 28.3 Å². The number of nitro groups is 1. The van der Waals surface area contributed by atoms with Gasteiger partial charge in [0.05, 0.1) is 11.5 Å². The molecule has 110 valence electrons. The Balaban J connectivity index is 2.16. The van der Waals surface area contributed by atoms with Crippen LogP contribution in [0.25, 0.3) is 0 Å². The van der Waals surface area contributed by atoms with Gasteiger partial charge < -0.3 is 10.4 Å². The third-order valence-electron chi connectivity index (χ3n) is 3.14. The number of rotatable bonds is 5. The average molecular weight is 351 g/mol. The minimum Gasteiger partial charge on any atom is -0.392 e. The first-order valence-electron chi connectivity index (χ1n) is 6.38. The second kappa shape index (κ2) is 6.69. The summed E-state index contributed by atoms with van der Waals surface area (Å²) in [5.41, 5.74) is 3.38. The van der Waals surface area contributed by atoms with Crippen LogP contribution in [0.3, 0.4) is 0 Å². The van der Waals surface area contributed by atoms with Crippen molar-refractivity contribution in [1.29, 1.82) is 0 Å². The standard InChI is InChI=1S/C15H15BrN2O3/c1-10-5-14(13(16)7-15(10)18(20)21)17-8-11-3-2-4-12(6-11)9-19/h2-7,17,19H,8-9H2,1H3. The Kier molecular flexibility index (Phi) is 4.93. The molecule has 21 heavy (non-hydrogen) atoms. The Morgan fingerprint density at radius 1 is 1.29 bits per heavy atom. The molecule has 2 rings (SSSR count). The van der Waals surface area contributed by atoms with Gasteiger partial charge in [0.2, 0.25) is 0 Å². The fourth-order valence-corrected chi connectivity index (χ4v) is 2.51. The minimum atomic E-state index is -0.394. The Morgan fingerprint density at radius 3 is 2.67 bits per heavy atom. The van der Waals surface area contributed by atoms with Gasteiger partial charge in [0.1, 0.15) is 0 Å². The summed E-state index contributed by atoms with van der Waals surface area (Å²) >= 11 is 3.34. The monoisotopic (exact) mass is 350 g/mol.